The van der Waals surface area contributed by atoms with Gasteiger partial charge in [0.25, 0.3) is 0 Å². The van der Waals surface area contributed by atoms with Gasteiger partial charge in [-0.15, -0.1) is 0 Å². The SMILES string of the molecule is COc1ccc(F)cc1NCC1CCC(O)CC1. The molecule has 0 unspecified atom stereocenters. The Labute approximate surface area is 107 Å². The van der Waals surface area contributed by atoms with Crippen LogP contribution in [-0.2, 0) is 0 Å². The van der Waals surface area contributed by atoms with E-state index in [1.54, 1.807) is 13.2 Å². The normalized spacial score (nSPS) is 23.7. The van der Waals surface area contributed by atoms with Gasteiger partial charge in [-0.2, -0.15) is 0 Å². The molecule has 1 aromatic carbocycles. The average molecular weight is 253 g/mol. The number of methoxy groups -OCH3 is 1. The quantitative estimate of drug-likeness (QED) is 0.867. The summed E-state index contributed by atoms with van der Waals surface area (Å²) in [6, 6.07) is 4.47. The molecule has 0 heterocycles. The Bertz CT molecular complexity index is 389. The summed E-state index contributed by atoms with van der Waals surface area (Å²) in [7, 11) is 1.58. The van der Waals surface area contributed by atoms with Crippen molar-refractivity contribution in [1.29, 1.82) is 0 Å². The number of rotatable bonds is 4. The average Bonchev–Trinajstić information content (AvgIpc) is 2.38. The van der Waals surface area contributed by atoms with E-state index in [9.17, 15) is 9.50 Å². The van der Waals surface area contributed by atoms with Crippen LogP contribution in [0.5, 0.6) is 5.75 Å². The molecule has 18 heavy (non-hydrogen) atoms. The molecule has 0 bridgehead atoms. The number of benzene rings is 1. The summed E-state index contributed by atoms with van der Waals surface area (Å²) in [4.78, 5) is 0. The minimum absolute atomic E-state index is 0.134. The highest BCUT2D eigenvalue weighted by molar-refractivity contribution is 5.56. The van der Waals surface area contributed by atoms with E-state index in [-0.39, 0.29) is 11.9 Å². The lowest BCUT2D eigenvalue weighted by Crippen LogP contribution is -2.23. The molecule has 2 rings (SSSR count). The van der Waals surface area contributed by atoms with Crippen molar-refractivity contribution >= 4 is 5.69 Å². The molecule has 4 heteroatoms. The predicted molar refractivity (Wildman–Crippen MR) is 69.4 cm³/mol. The highest BCUT2D eigenvalue weighted by Gasteiger charge is 2.19. The first kappa shape index (κ1) is 13.1. The molecule has 100 valence electrons. The van der Waals surface area contributed by atoms with E-state index in [1.807, 2.05) is 0 Å². The molecule has 1 aromatic rings. The maximum absolute atomic E-state index is 13.2. The molecule has 0 radical (unpaired) electrons. The standard InChI is InChI=1S/C14H20FNO2/c1-18-14-7-4-11(15)8-13(14)16-9-10-2-5-12(17)6-3-10/h4,7-8,10,12,16-17H,2-3,5-6,9H2,1H3. The molecule has 1 fully saturated rings. The Morgan fingerprint density at radius 2 is 2.06 bits per heavy atom. The van der Waals surface area contributed by atoms with Crippen LogP contribution in [-0.4, -0.2) is 24.9 Å². The number of halogens is 1. The van der Waals surface area contributed by atoms with Crippen LogP contribution in [0.2, 0.25) is 0 Å². The molecule has 0 saturated heterocycles. The fourth-order valence-corrected chi connectivity index (χ4v) is 2.42. The van der Waals surface area contributed by atoms with Gasteiger partial charge >= 0.3 is 0 Å². The summed E-state index contributed by atoms with van der Waals surface area (Å²) in [6.07, 6.45) is 3.64. The van der Waals surface area contributed by atoms with Crippen molar-refractivity contribution in [3.8, 4) is 5.75 Å². The summed E-state index contributed by atoms with van der Waals surface area (Å²) >= 11 is 0. The number of ether oxygens (including phenoxy) is 1. The first-order chi connectivity index (χ1) is 8.69. The topological polar surface area (TPSA) is 41.5 Å². The van der Waals surface area contributed by atoms with Gasteiger partial charge in [0.1, 0.15) is 11.6 Å². The van der Waals surface area contributed by atoms with Gasteiger partial charge in [0.05, 0.1) is 18.9 Å². The van der Waals surface area contributed by atoms with E-state index in [1.165, 1.54) is 12.1 Å². The van der Waals surface area contributed by atoms with Crippen molar-refractivity contribution in [3.63, 3.8) is 0 Å². The van der Waals surface area contributed by atoms with Crippen molar-refractivity contribution in [3.05, 3.63) is 24.0 Å². The third-order valence-corrected chi connectivity index (χ3v) is 3.56. The van der Waals surface area contributed by atoms with Gasteiger partial charge in [-0.25, -0.2) is 4.39 Å². The molecule has 2 N–H and O–H groups in total. The van der Waals surface area contributed by atoms with Gasteiger partial charge < -0.3 is 15.2 Å². The van der Waals surface area contributed by atoms with Gasteiger partial charge in [0.2, 0.25) is 0 Å². The minimum atomic E-state index is -0.266. The molecule has 0 aliphatic heterocycles. The number of hydrogen-bond donors (Lipinski definition) is 2. The van der Waals surface area contributed by atoms with E-state index >= 15 is 0 Å². The Morgan fingerprint density at radius 3 is 2.72 bits per heavy atom. The molecule has 0 aromatic heterocycles. The molecule has 0 atom stereocenters. The highest BCUT2D eigenvalue weighted by atomic mass is 19.1. The van der Waals surface area contributed by atoms with Gasteiger partial charge in [0.15, 0.2) is 0 Å². The monoisotopic (exact) mass is 253 g/mol. The van der Waals surface area contributed by atoms with E-state index < -0.39 is 0 Å². The lowest BCUT2D eigenvalue weighted by Gasteiger charge is -2.26. The maximum Gasteiger partial charge on any atom is 0.142 e. The van der Waals surface area contributed by atoms with Crippen molar-refractivity contribution in [1.82, 2.24) is 0 Å². The molecular weight excluding hydrogens is 233 g/mol. The second-order valence-corrected chi connectivity index (χ2v) is 4.90. The summed E-state index contributed by atoms with van der Waals surface area (Å²) in [5.41, 5.74) is 0.698. The van der Waals surface area contributed by atoms with Crippen LogP contribution < -0.4 is 10.1 Å². The Morgan fingerprint density at radius 1 is 1.33 bits per heavy atom. The van der Waals surface area contributed by atoms with E-state index in [0.29, 0.717) is 17.4 Å². The largest absolute Gasteiger partial charge is 0.495 e. The lowest BCUT2D eigenvalue weighted by atomic mass is 9.87. The Balaban J connectivity index is 1.91. The molecule has 1 aliphatic carbocycles. The Hall–Kier alpha value is -1.29. The molecule has 0 spiro atoms. The minimum Gasteiger partial charge on any atom is -0.495 e. The van der Waals surface area contributed by atoms with Gasteiger partial charge in [-0.1, -0.05) is 0 Å². The zero-order chi connectivity index (χ0) is 13.0. The molecular formula is C14H20FNO2. The second-order valence-electron chi connectivity index (χ2n) is 4.90. The number of nitrogens with one attached hydrogen (secondary N) is 1. The van der Waals surface area contributed by atoms with Crippen LogP contribution in [0, 0.1) is 11.7 Å². The van der Waals surface area contributed by atoms with Crippen LogP contribution in [0.4, 0.5) is 10.1 Å². The van der Waals surface area contributed by atoms with E-state index in [4.69, 9.17) is 4.74 Å². The summed E-state index contributed by atoms with van der Waals surface area (Å²) in [6.45, 7) is 0.798. The fraction of sp³-hybridized carbons (Fsp3) is 0.571. The van der Waals surface area contributed by atoms with Crippen molar-refractivity contribution in [2.75, 3.05) is 19.0 Å². The highest BCUT2D eigenvalue weighted by Crippen LogP contribution is 2.28. The second kappa shape index (κ2) is 6.05. The smallest absolute Gasteiger partial charge is 0.142 e. The zero-order valence-electron chi connectivity index (χ0n) is 10.7. The third-order valence-electron chi connectivity index (χ3n) is 3.56. The summed E-state index contributed by atoms with van der Waals surface area (Å²) in [5, 5.41) is 12.7. The number of hydrogen-bond acceptors (Lipinski definition) is 3. The zero-order valence-corrected chi connectivity index (χ0v) is 10.7. The fourth-order valence-electron chi connectivity index (χ4n) is 2.42. The first-order valence-corrected chi connectivity index (χ1v) is 6.44. The van der Waals surface area contributed by atoms with Gasteiger partial charge in [0, 0.05) is 12.6 Å². The molecule has 1 aliphatic rings. The molecule has 1 saturated carbocycles. The summed E-state index contributed by atoms with van der Waals surface area (Å²) < 4.78 is 18.4. The lowest BCUT2D eigenvalue weighted by molar-refractivity contribution is 0.111. The van der Waals surface area contributed by atoms with Gasteiger partial charge in [-0.3, -0.25) is 0 Å². The van der Waals surface area contributed by atoms with Crippen LogP contribution in [0.25, 0.3) is 0 Å². The predicted octanol–water partition coefficient (Wildman–Crippen LogP) is 2.80. The number of aliphatic hydroxyl groups excluding tert-OH is 1. The van der Waals surface area contributed by atoms with E-state index in [0.717, 1.165) is 32.2 Å². The van der Waals surface area contributed by atoms with Gasteiger partial charge in [-0.05, 0) is 43.7 Å². The van der Waals surface area contributed by atoms with Crippen LogP contribution in [0.15, 0.2) is 18.2 Å². The molecule has 3 nitrogen and oxygen atoms in total. The Kier molecular flexibility index (Phi) is 4.42. The number of anilines is 1. The van der Waals surface area contributed by atoms with Crippen LogP contribution in [0.1, 0.15) is 25.7 Å². The van der Waals surface area contributed by atoms with Crippen molar-refractivity contribution < 1.29 is 14.2 Å². The third kappa shape index (κ3) is 3.35. The van der Waals surface area contributed by atoms with E-state index in [2.05, 4.69) is 5.32 Å². The van der Waals surface area contributed by atoms with Crippen molar-refractivity contribution in [2.24, 2.45) is 5.92 Å². The first-order valence-electron chi connectivity index (χ1n) is 6.44. The maximum atomic E-state index is 13.2. The molecule has 0 amide bonds. The summed E-state index contributed by atoms with van der Waals surface area (Å²) in [5.74, 6) is 0.936. The van der Waals surface area contributed by atoms with Crippen LogP contribution in [0.3, 0.4) is 0 Å². The number of aliphatic hydroxyl groups is 1. The van der Waals surface area contributed by atoms with Crippen molar-refractivity contribution in [2.45, 2.75) is 31.8 Å². The van der Waals surface area contributed by atoms with Crippen LogP contribution >= 0.6 is 0 Å².